The van der Waals surface area contributed by atoms with Gasteiger partial charge in [-0.3, -0.25) is 4.79 Å². The van der Waals surface area contributed by atoms with Crippen LogP contribution in [0.5, 0.6) is 0 Å². The van der Waals surface area contributed by atoms with Gasteiger partial charge in [0.1, 0.15) is 0 Å². The molecule has 2 atom stereocenters. The molecule has 0 aromatic rings. The Morgan fingerprint density at radius 1 is 0.548 bits per heavy atom. The van der Waals surface area contributed by atoms with Gasteiger partial charge in [-0.15, -0.1) is 0 Å². The highest BCUT2D eigenvalue weighted by Gasteiger charge is 2.17. The first-order chi connectivity index (χ1) is 20.7. The highest BCUT2D eigenvalue weighted by Crippen LogP contribution is 2.15. The van der Waals surface area contributed by atoms with Crippen LogP contribution in [0.15, 0.2) is 24.3 Å². The highest BCUT2D eigenvalue weighted by molar-refractivity contribution is 5.76. The zero-order valence-corrected chi connectivity index (χ0v) is 28.3. The standard InChI is InChI=1S/C38H73NO3/c1-3-5-7-9-11-13-14-15-16-17-18-19-20-21-22-23-24-25-26-28-30-32-34-38(42)39-36(35-40)37(41)33-31-29-27-12-10-8-6-4-2/h10,12,31,33,36-37,40-41H,3-9,11,13-30,32,34-35H2,1-2H3,(H,39,42)/b12-10+,33-31+. The van der Waals surface area contributed by atoms with Crippen LogP contribution in [-0.4, -0.2) is 34.9 Å². The van der Waals surface area contributed by atoms with Crippen molar-refractivity contribution >= 4 is 5.91 Å². The van der Waals surface area contributed by atoms with Crippen LogP contribution < -0.4 is 5.32 Å². The third-order valence-electron chi connectivity index (χ3n) is 8.44. The van der Waals surface area contributed by atoms with E-state index in [1.54, 1.807) is 6.08 Å². The monoisotopic (exact) mass is 592 g/mol. The summed E-state index contributed by atoms with van der Waals surface area (Å²) in [6, 6.07) is -0.631. The van der Waals surface area contributed by atoms with Gasteiger partial charge in [-0.2, -0.15) is 0 Å². The van der Waals surface area contributed by atoms with E-state index in [9.17, 15) is 15.0 Å². The quantitative estimate of drug-likeness (QED) is 0.0525. The predicted molar refractivity (Wildman–Crippen MR) is 184 cm³/mol. The van der Waals surface area contributed by atoms with E-state index >= 15 is 0 Å². The van der Waals surface area contributed by atoms with E-state index in [1.807, 2.05) is 6.08 Å². The van der Waals surface area contributed by atoms with Gasteiger partial charge in [0, 0.05) is 6.42 Å². The van der Waals surface area contributed by atoms with Gasteiger partial charge in [0.05, 0.1) is 18.8 Å². The summed E-state index contributed by atoms with van der Waals surface area (Å²) in [5, 5.41) is 22.7. The number of carbonyl (C=O) groups is 1. The smallest absolute Gasteiger partial charge is 0.220 e. The van der Waals surface area contributed by atoms with E-state index in [4.69, 9.17) is 0 Å². The molecule has 0 saturated carbocycles. The van der Waals surface area contributed by atoms with Gasteiger partial charge in [0.2, 0.25) is 5.91 Å². The van der Waals surface area contributed by atoms with Crippen molar-refractivity contribution in [3.63, 3.8) is 0 Å². The van der Waals surface area contributed by atoms with E-state index in [0.29, 0.717) is 6.42 Å². The molecule has 0 saturated heterocycles. The number of allylic oxidation sites excluding steroid dienone is 3. The lowest BCUT2D eigenvalue weighted by Gasteiger charge is -2.19. The first-order valence-corrected chi connectivity index (χ1v) is 18.6. The minimum atomic E-state index is -0.854. The van der Waals surface area contributed by atoms with Crippen molar-refractivity contribution in [2.45, 2.75) is 206 Å². The van der Waals surface area contributed by atoms with Crippen LogP contribution in [0.25, 0.3) is 0 Å². The molecule has 0 aromatic heterocycles. The zero-order chi connectivity index (χ0) is 30.8. The molecule has 2 unspecified atom stereocenters. The molecular formula is C38H73NO3. The van der Waals surface area contributed by atoms with E-state index < -0.39 is 12.1 Å². The first kappa shape index (κ1) is 40.9. The van der Waals surface area contributed by atoms with Crippen molar-refractivity contribution in [2.75, 3.05) is 6.61 Å². The van der Waals surface area contributed by atoms with Gasteiger partial charge < -0.3 is 15.5 Å². The highest BCUT2D eigenvalue weighted by atomic mass is 16.3. The minimum Gasteiger partial charge on any atom is -0.394 e. The van der Waals surface area contributed by atoms with Crippen molar-refractivity contribution in [3.8, 4) is 0 Å². The summed E-state index contributed by atoms with van der Waals surface area (Å²) in [4.78, 5) is 12.3. The van der Waals surface area contributed by atoms with E-state index in [0.717, 1.165) is 32.1 Å². The summed E-state index contributed by atoms with van der Waals surface area (Å²) in [6.45, 7) is 4.23. The maximum atomic E-state index is 12.3. The molecule has 248 valence electrons. The van der Waals surface area contributed by atoms with Gasteiger partial charge in [0.25, 0.3) is 0 Å². The third kappa shape index (κ3) is 30.3. The Kier molecular flexibility index (Phi) is 33.4. The van der Waals surface area contributed by atoms with Crippen molar-refractivity contribution in [3.05, 3.63) is 24.3 Å². The second-order valence-corrected chi connectivity index (χ2v) is 12.6. The largest absolute Gasteiger partial charge is 0.394 e. The van der Waals surface area contributed by atoms with Crippen LogP contribution >= 0.6 is 0 Å². The second-order valence-electron chi connectivity index (χ2n) is 12.6. The second kappa shape index (κ2) is 34.4. The van der Waals surface area contributed by atoms with Crippen LogP contribution in [-0.2, 0) is 4.79 Å². The molecule has 0 rings (SSSR count). The van der Waals surface area contributed by atoms with E-state index in [1.165, 1.54) is 141 Å². The molecular weight excluding hydrogens is 518 g/mol. The number of aliphatic hydroxyl groups is 2. The SMILES string of the molecule is CCCC/C=C/CC/C=C/C(O)C(CO)NC(=O)CCCCCCCCCCCCCCCCCCCCCCCC. The van der Waals surface area contributed by atoms with Gasteiger partial charge >= 0.3 is 0 Å². The molecule has 0 aliphatic carbocycles. The normalized spacial score (nSPS) is 13.3. The molecule has 0 bridgehead atoms. The zero-order valence-electron chi connectivity index (χ0n) is 28.3. The first-order valence-electron chi connectivity index (χ1n) is 18.6. The third-order valence-corrected chi connectivity index (χ3v) is 8.44. The molecule has 42 heavy (non-hydrogen) atoms. The fourth-order valence-corrected chi connectivity index (χ4v) is 5.53. The number of rotatable bonds is 33. The van der Waals surface area contributed by atoms with Gasteiger partial charge in [-0.1, -0.05) is 186 Å². The Hall–Kier alpha value is -1.13. The van der Waals surface area contributed by atoms with Crippen LogP contribution in [0.4, 0.5) is 0 Å². The summed E-state index contributed by atoms with van der Waals surface area (Å²) in [5.74, 6) is -0.0754. The van der Waals surface area contributed by atoms with Crippen molar-refractivity contribution in [1.82, 2.24) is 5.32 Å². The Labute approximate surface area is 262 Å². The molecule has 0 aliphatic rings. The van der Waals surface area contributed by atoms with Crippen molar-refractivity contribution in [2.24, 2.45) is 0 Å². The summed E-state index contributed by atoms with van der Waals surface area (Å²) >= 11 is 0. The molecule has 4 nitrogen and oxygen atoms in total. The number of unbranched alkanes of at least 4 members (excludes halogenated alkanes) is 24. The summed E-state index contributed by atoms with van der Waals surface area (Å²) in [6.07, 6.45) is 42.8. The number of carbonyl (C=O) groups excluding carboxylic acids is 1. The molecule has 0 fully saturated rings. The number of hydrogen-bond acceptors (Lipinski definition) is 3. The molecule has 0 aromatic carbocycles. The van der Waals surface area contributed by atoms with Gasteiger partial charge in [-0.25, -0.2) is 0 Å². The van der Waals surface area contributed by atoms with Crippen molar-refractivity contribution < 1.29 is 15.0 Å². The number of aliphatic hydroxyl groups excluding tert-OH is 2. The lowest BCUT2D eigenvalue weighted by molar-refractivity contribution is -0.123. The molecule has 1 amide bonds. The Bertz CT molecular complexity index is 603. The van der Waals surface area contributed by atoms with Crippen LogP contribution in [0.1, 0.15) is 194 Å². The summed E-state index contributed by atoms with van der Waals surface area (Å²) in [7, 11) is 0. The molecule has 0 radical (unpaired) electrons. The Balaban J connectivity index is 3.48. The minimum absolute atomic E-state index is 0.0754. The maximum absolute atomic E-state index is 12.3. The lowest BCUT2D eigenvalue weighted by Crippen LogP contribution is -2.45. The topological polar surface area (TPSA) is 69.6 Å². The summed E-state index contributed by atoms with van der Waals surface area (Å²) in [5.41, 5.74) is 0. The van der Waals surface area contributed by atoms with Crippen molar-refractivity contribution in [1.29, 1.82) is 0 Å². The van der Waals surface area contributed by atoms with Crippen LogP contribution in [0.2, 0.25) is 0 Å². The maximum Gasteiger partial charge on any atom is 0.220 e. The molecule has 3 N–H and O–H groups in total. The predicted octanol–water partition coefficient (Wildman–Crippen LogP) is 10.9. The number of nitrogens with one attached hydrogen (secondary N) is 1. The fraction of sp³-hybridized carbons (Fsp3) is 0.868. The molecule has 0 spiro atoms. The average molecular weight is 592 g/mol. The fourth-order valence-electron chi connectivity index (χ4n) is 5.53. The number of hydrogen-bond donors (Lipinski definition) is 3. The number of amides is 1. The summed E-state index contributed by atoms with van der Waals surface area (Å²) < 4.78 is 0. The average Bonchev–Trinajstić information content (AvgIpc) is 2.99. The van der Waals surface area contributed by atoms with E-state index in [-0.39, 0.29) is 12.5 Å². The Morgan fingerprint density at radius 2 is 0.929 bits per heavy atom. The molecule has 0 aliphatic heterocycles. The Morgan fingerprint density at radius 3 is 1.36 bits per heavy atom. The lowest BCUT2D eigenvalue weighted by atomic mass is 10.0. The molecule has 4 heteroatoms. The van der Waals surface area contributed by atoms with Gasteiger partial charge in [0.15, 0.2) is 0 Å². The molecule has 0 heterocycles. The van der Waals surface area contributed by atoms with Crippen LogP contribution in [0, 0.1) is 0 Å². The van der Waals surface area contributed by atoms with E-state index in [2.05, 4.69) is 31.3 Å². The van der Waals surface area contributed by atoms with Gasteiger partial charge in [-0.05, 0) is 25.7 Å². The van der Waals surface area contributed by atoms with Crippen LogP contribution in [0.3, 0.4) is 0 Å².